The van der Waals surface area contributed by atoms with Crippen LogP contribution in [0.25, 0.3) is 10.9 Å². The predicted octanol–water partition coefficient (Wildman–Crippen LogP) is 1.83. The van der Waals surface area contributed by atoms with Gasteiger partial charge in [-0.2, -0.15) is 0 Å². The number of H-pyrrole nitrogens is 1. The summed E-state index contributed by atoms with van der Waals surface area (Å²) in [6.07, 6.45) is 1.72. The molecule has 5 nitrogen and oxygen atoms in total. The highest BCUT2D eigenvalue weighted by atomic mass is 16.7. The summed E-state index contributed by atoms with van der Waals surface area (Å²) in [5.41, 5.74) is 9.85. The highest BCUT2D eigenvalue weighted by molar-refractivity contribution is 5.85. The molecular weight excluding hydrogens is 278 g/mol. The highest BCUT2D eigenvalue weighted by Crippen LogP contribution is 2.33. The molecule has 0 unspecified atom stereocenters. The summed E-state index contributed by atoms with van der Waals surface area (Å²) in [6.45, 7) is 3.57. The van der Waals surface area contributed by atoms with Crippen molar-refractivity contribution in [1.82, 2.24) is 10.3 Å². The van der Waals surface area contributed by atoms with Gasteiger partial charge in [-0.1, -0.05) is 18.2 Å². The number of para-hydroxylation sites is 1. The van der Waals surface area contributed by atoms with Gasteiger partial charge in [-0.15, -0.1) is 0 Å². The molecule has 1 aromatic heterocycles. The Morgan fingerprint density at radius 3 is 3.05 bits per heavy atom. The van der Waals surface area contributed by atoms with Gasteiger partial charge in [0, 0.05) is 23.0 Å². The van der Waals surface area contributed by atoms with Gasteiger partial charge in [0.1, 0.15) is 0 Å². The van der Waals surface area contributed by atoms with E-state index in [9.17, 15) is 0 Å². The molecule has 0 radical (unpaired) electrons. The summed E-state index contributed by atoms with van der Waals surface area (Å²) in [5, 5.41) is 4.92. The van der Waals surface area contributed by atoms with E-state index in [4.69, 9.17) is 15.2 Å². The molecule has 0 amide bonds. The third-order valence-corrected chi connectivity index (χ3v) is 4.83. The summed E-state index contributed by atoms with van der Waals surface area (Å²) in [5.74, 6) is 0. The first-order valence-corrected chi connectivity index (χ1v) is 8.08. The van der Waals surface area contributed by atoms with E-state index in [1.807, 2.05) is 6.92 Å². The largest absolute Gasteiger partial charge is 0.357 e. The maximum absolute atomic E-state index is 5.93. The average Bonchev–Trinajstić information content (AvgIpc) is 2.91. The molecule has 4 N–H and O–H groups in total. The number of ether oxygens (including phenoxy) is 2. The van der Waals surface area contributed by atoms with Crippen LogP contribution >= 0.6 is 0 Å². The molecule has 1 fully saturated rings. The lowest BCUT2D eigenvalue weighted by Gasteiger charge is -2.35. The van der Waals surface area contributed by atoms with Crippen LogP contribution in [0.3, 0.4) is 0 Å². The molecule has 2 aromatic rings. The van der Waals surface area contributed by atoms with Crippen molar-refractivity contribution in [3.05, 3.63) is 35.5 Å². The zero-order valence-electron chi connectivity index (χ0n) is 12.8. The number of hydrogen-bond acceptors (Lipinski definition) is 4. The van der Waals surface area contributed by atoms with Crippen molar-refractivity contribution < 1.29 is 9.47 Å². The lowest BCUT2D eigenvalue weighted by atomic mass is 9.97. The number of benzene rings is 1. The van der Waals surface area contributed by atoms with Crippen LogP contribution in [0, 0.1) is 0 Å². The van der Waals surface area contributed by atoms with Crippen LogP contribution in [-0.4, -0.2) is 36.6 Å². The second-order valence-electron chi connectivity index (χ2n) is 6.32. The van der Waals surface area contributed by atoms with Crippen molar-refractivity contribution in [2.75, 3.05) is 13.2 Å². The van der Waals surface area contributed by atoms with Crippen molar-refractivity contribution in [2.45, 2.75) is 44.2 Å². The molecule has 0 spiro atoms. The Hall–Kier alpha value is -1.40. The lowest BCUT2D eigenvalue weighted by molar-refractivity contribution is -0.220. The minimum Gasteiger partial charge on any atom is -0.357 e. The lowest BCUT2D eigenvalue weighted by Crippen LogP contribution is -2.48. The number of aromatic nitrogens is 1. The van der Waals surface area contributed by atoms with Crippen LogP contribution in [0.4, 0.5) is 0 Å². The van der Waals surface area contributed by atoms with E-state index < -0.39 is 0 Å². The van der Waals surface area contributed by atoms with Crippen molar-refractivity contribution in [3.8, 4) is 0 Å². The molecule has 0 aliphatic carbocycles. The molecule has 3 heterocycles. The van der Waals surface area contributed by atoms with Gasteiger partial charge < -0.3 is 25.5 Å². The van der Waals surface area contributed by atoms with Gasteiger partial charge in [-0.3, -0.25) is 0 Å². The monoisotopic (exact) mass is 301 g/mol. The van der Waals surface area contributed by atoms with Crippen LogP contribution in [0.15, 0.2) is 24.3 Å². The molecule has 1 aromatic carbocycles. The molecule has 22 heavy (non-hydrogen) atoms. The fraction of sp³-hybridized carbons (Fsp3) is 0.529. The fourth-order valence-corrected chi connectivity index (χ4v) is 3.51. The van der Waals surface area contributed by atoms with Gasteiger partial charge in [-0.25, -0.2) is 0 Å². The SMILES string of the molecule is C[C@H]1O[C@@H](C[C@H]2NCCc3c2[nH]c2ccccc32)OC[C@H]1N. The maximum Gasteiger partial charge on any atom is 0.159 e. The summed E-state index contributed by atoms with van der Waals surface area (Å²) < 4.78 is 11.6. The highest BCUT2D eigenvalue weighted by Gasteiger charge is 2.31. The second-order valence-corrected chi connectivity index (χ2v) is 6.32. The number of nitrogens with one attached hydrogen (secondary N) is 2. The molecule has 5 heteroatoms. The number of rotatable bonds is 2. The van der Waals surface area contributed by atoms with Gasteiger partial charge in [0.15, 0.2) is 6.29 Å². The van der Waals surface area contributed by atoms with E-state index in [-0.39, 0.29) is 24.5 Å². The van der Waals surface area contributed by atoms with E-state index >= 15 is 0 Å². The number of nitrogens with two attached hydrogens (primary N) is 1. The van der Waals surface area contributed by atoms with E-state index in [1.54, 1.807) is 0 Å². The summed E-state index contributed by atoms with van der Waals surface area (Å²) in [7, 11) is 0. The van der Waals surface area contributed by atoms with Gasteiger partial charge in [-0.05, 0) is 31.5 Å². The Bertz CT molecular complexity index is 669. The molecule has 0 saturated carbocycles. The zero-order valence-corrected chi connectivity index (χ0v) is 12.8. The smallest absolute Gasteiger partial charge is 0.159 e. The quantitative estimate of drug-likeness (QED) is 0.791. The Balaban J connectivity index is 1.57. The molecule has 0 bridgehead atoms. The van der Waals surface area contributed by atoms with Crippen molar-refractivity contribution >= 4 is 10.9 Å². The van der Waals surface area contributed by atoms with Crippen LogP contribution in [0.1, 0.15) is 30.6 Å². The first-order valence-electron chi connectivity index (χ1n) is 8.08. The maximum atomic E-state index is 5.93. The molecule has 4 rings (SSSR count). The van der Waals surface area contributed by atoms with Crippen LogP contribution < -0.4 is 11.1 Å². The van der Waals surface area contributed by atoms with E-state index in [1.165, 1.54) is 22.2 Å². The predicted molar refractivity (Wildman–Crippen MR) is 85.6 cm³/mol. The Kier molecular flexibility index (Phi) is 3.66. The summed E-state index contributed by atoms with van der Waals surface area (Å²) >= 11 is 0. The summed E-state index contributed by atoms with van der Waals surface area (Å²) in [6, 6.07) is 8.72. The molecule has 4 atom stereocenters. The van der Waals surface area contributed by atoms with E-state index in [0.717, 1.165) is 19.4 Å². The zero-order chi connectivity index (χ0) is 15.1. The topological polar surface area (TPSA) is 72.3 Å². The standard InChI is InChI=1S/C17H23N3O2/c1-10-13(18)9-21-16(22-10)8-15-17-12(6-7-19-15)11-4-2-3-5-14(11)20-17/h2-5,10,13,15-16,19-20H,6-9,18H2,1H3/t10-,13-,15-,16+/m1/s1. The van der Waals surface area contributed by atoms with Crippen LogP contribution in [0.5, 0.6) is 0 Å². The van der Waals surface area contributed by atoms with Gasteiger partial charge in [0.05, 0.1) is 24.8 Å². The normalized spacial score (nSPS) is 32.1. The number of aromatic amines is 1. The number of fused-ring (bicyclic) bond motifs is 3. The van der Waals surface area contributed by atoms with Crippen molar-refractivity contribution in [2.24, 2.45) is 5.73 Å². The second kappa shape index (κ2) is 5.66. The molecule has 1 saturated heterocycles. The van der Waals surface area contributed by atoms with Gasteiger partial charge in [0.25, 0.3) is 0 Å². The van der Waals surface area contributed by atoms with Gasteiger partial charge >= 0.3 is 0 Å². The third kappa shape index (κ3) is 2.44. The van der Waals surface area contributed by atoms with Crippen molar-refractivity contribution in [1.29, 1.82) is 0 Å². The molecule has 2 aliphatic rings. The minimum absolute atomic E-state index is 0.0285. The van der Waals surface area contributed by atoms with Gasteiger partial charge in [0.2, 0.25) is 0 Å². The van der Waals surface area contributed by atoms with Crippen LogP contribution in [-0.2, 0) is 15.9 Å². The Morgan fingerprint density at radius 2 is 2.18 bits per heavy atom. The Morgan fingerprint density at radius 1 is 1.32 bits per heavy atom. The first-order chi connectivity index (χ1) is 10.7. The van der Waals surface area contributed by atoms with E-state index in [2.05, 4.69) is 34.6 Å². The fourth-order valence-electron chi connectivity index (χ4n) is 3.51. The third-order valence-electron chi connectivity index (χ3n) is 4.83. The molecular formula is C17H23N3O2. The van der Waals surface area contributed by atoms with Crippen molar-refractivity contribution in [3.63, 3.8) is 0 Å². The first kappa shape index (κ1) is 14.2. The summed E-state index contributed by atoms with van der Waals surface area (Å²) in [4.78, 5) is 3.58. The average molecular weight is 301 g/mol. The van der Waals surface area contributed by atoms with E-state index in [0.29, 0.717) is 6.61 Å². The molecule has 2 aliphatic heterocycles. The Labute approximate surface area is 130 Å². The van der Waals surface area contributed by atoms with Crippen LogP contribution in [0.2, 0.25) is 0 Å². The minimum atomic E-state index is -0.190. The number of hydrogen-bond donors (Lipinski definition) is 3. The molecule has 118 valence electrons.